The molecule has 0 heterocycles. The van der Waals surface area contributed by atoms with Crippen LogP contribution in [0.4, 0.5) is 0 Å². The Morgan fingerprint density at radius 1 is 1.23 bits per heavy atom. The maximum atomic E-state index is 11.5. The van der Waals surface area contributed by atoms with E-state index in [4.69, 9.17) is 0 Å². The Balaban J connectivity index is 4.27. The largest absolute Gasteiger partial charge is 0.357 e. The summed E-state index contributed by atoms with van der Waals surface area (Å²) in [7, 11) is -2.96. The van der Waals surface area contributed by atoms with Crippen LogP contribution in [0.5, 0.6) is 0 Å². The van der Waals surface area contributed by atoms with Crippen LogP contribution in [0.25, 0.3) is 0 Å². The summed E-state index contributed by atoms with van der Waals surface area (Å²) in [6.07, 6.45) is 3.00. The number of amides is 1. The van der Waals surface area contributed by atoms with E-state index in [9.17, 15) is 13.2 Å². The molecule has 0 saturated heterocycles. The number of nitrogens with zero attached hydrogens (tertiary/aromatic N) is 1. The van der Waals surface area contributed by atoms with Crippen molar-refractivity contribution in [1.29, 1.82) is 0 Å². The van der Waals surface area contributed by atoms with Crippen molar-refractivity contribution in [1.82, 2.24) is 16.0 Å². The third kappa shape index (κ3) is 12.4. The lowest BCUT2D eigenvalue weighted by atomic mass is 10.3. The van der Waals surface area contributed by atoms with Gasteiger partial charge in [0.15, 0.2) is 5.96 Å². The fourth-order valence-corrected chi connectivity index (χ4v) is 2.42. The molecule has 0 aromatic heterocycles. The van der Waals surface area contributed by atoms with Gasteiger partial charge in [0.2, 0.25) is 5.91 Å². The zero-order valence-electron chi connectivity index (χ0n) is 14.1. The molecule has 130 valence electrons. The molecule has 0 aromatic rings. The lowest BCUT2D eigenvalue weighted by Crippen LogP contribution is -2.43. The van der Waals surface area contributed by atoms with Crippen LogP contribution in [0.15, 0.2) is 4.99 Å². The van der Waals surface area contributed by atoms with Gasteiger partial charge in [0.05, 0.1) is 12.3 Å². The summed E-state index contributed by atoms with van der Waals surface area (Å²) in [5, 5.41) is 9.04. The van der Waals surface area contributed by atoms with Crippen LogP contribution < -0.4 is 16.0 Å². The number of aliphatic imine (C=N–C) groups is 1. The van der Waals surface area contributed by atoms with Crippen molar-refractivity contribution in [3.8, 4) is 0 Å². The third-order valence-electron chi connectivity index (χ3n) is 2.83. The fraction of sp³-hybridized carbons (Fsp3) is 0.857. The number of rotatable bonds is 10. The van der Waals surface area contributed by atoms with E-state index in [-0.39, 0.29) is 17.7 Å². The molecule has 0 aliphatic carbocycles. The van der Waals surface area contributed by atoms with Crippen molar-refractivity contribution < 1.29 is 13.2 Å². The van der Waals surface area contributed by atoms with Crippen LogP contribution in [0.1, 0.15) is 40.0 Å². The number of hydrogen-bond acceptors (Lipinski definition) is 4. The Labute approximate surface area is 134 Å². The number of carbonyl (C=O) groups excluding carboxylic acids is 1. The van der Waals surface area contributed by atoms with Crippen LogP contribution in [0, 0.1) is 0 Å². The van der Waals surface area contributed by atoms with E-state index in [2.05, 4.69) is 20.9 Å². The predicted octanol–water partition coefficient (Wildman–Crippen LogP) is 0.281. The maximum absolute atomic E-state index is 11.5. The second kappa shape index (κ2) is 11.3. The van der Waals surface area contributed by atoms with E-state index in [1.54, 1.807) is 0 Å². The van der Waals surface area contributed by atoms with E-state index in [0.29, 0.717) is 38.4 Å². The second-order valence-corrected chi connectivity index (χ2v) is 7.58. The molecule has 22 heavy (non-hydrogen) atoms. The standard InChI is InChI=1S/C14H30N4O3S/c1-5-9-16-13(19)7-10-17-14(15-6-2)18-12(3)8-11-22(4,20)21/h12H,5-11H2,1-4H3,(H,16,19)(H2,15,17,18). The quantitative estimate of drug-likeness (QED) is 0.394. The molecule has 0 radical (unpaired) electrons. The van der Waals surface area contributed by atoms with E-state index >= 15 is 0 Å². The highest BCUT2D eigenvalue weighted by Gasteiger charge is 2.09. The maximum Gasteiger partial charge on any atom is 0.221 e. The summed E-state index contributed by atoms with van der Waals surface area (Å²) in [6, 6.07) is -0.0126. The number of sulfone groups is 1. The zero-order chi connectivity index (χ0) is 17.0. The molecule has 0 spiro atoms. The Kier molecular flexibility index (Phi) is 10.6. The first-order valence-corrected chi connectivity index (χ1v) is 9.83. The summed E-state index contributed by atoms with van der Waals surface area (Å²) in [5.41, 5.74) is 0. The van der Waals surface area contributed by atoms with Gasteiger partial charge >= 0.3 is 0 Å². The Hall–Kier alpha value is -1.31. The molecule has 0 aromatic carbocycles. The van der Waals surface area contributed by atoms with Gasteiger partial charge in [-0.2, -0.15) is 0 Å². The van der Waals surface area contributed by atoms with Crippen molar-refractivity contribution in [2.75, 3.05) is 31.6 Å². The molecule has 1 atom stereocenters. The molecule has 1 amide bonds. The molecule has 0 aliphatic heterocycles. The van der Waals surface area contributed by atoms with Crippen LogP contribution in [-0.2, 0) is 14.6 Å². The second-order valence-electron chi connectivity index (χ2n) is 5.32. The number of carbonyl (C=O) groups is 1. The molecule has 0 bridgehead atoms. The summed E-state index contributed by atoms with van der Waals surface area (Å²) in [6.45, 7) is 7.64. The van der Waals surface area contributed by atoms with E-state index in [1.165, 1.54) is 6.26 Å². The highest BCUT2D eigenvalue weighted by atomic mass is 32.2. The highest BCUT2D eigenvalue weighted by molar-refractivity contribution is 7.90. The first-order chi connectivity index (χ1) is 10.3. The normalized spacial score (nSPS) is 13.5. The van der Waals surface area contributed by atoms with E-state index in [0.717, 1.165) is 6.42 Å². The highest BCUT2D eigenvalue weighted by Crippen LogP contribution is 1.95. The average molecular weight is 334 g/mol. The minimum Gasteiger partial charge on any atom is -0.357 e. The minimum absolute atomic E-state index is 0.00780. The van der Waals surface area contributed by atoms with Gasteiger partial charge in [-0.3, -0.25) is 9.79 Å². The first-order valence-electron chi connectivity index (χ1n) is 7.77. The van der Waals surface area contributed by atoms with Crippen LogP contribution in [-0.4, -0.2) is 58.0 Å². The molecule has 0 aliphatic rings. The smallest absolute Gasteiger partial charge is 0.221 e. The Bertz CT molecular complexity index is 449. The fourth-order valence-electron chi connectivity index (χ4n) is 1.64. The molecular weight excluding hydrogens is 304 g/mol. The van der Waals surface area contributed by atoms with E-state index in [1.807, 2.05) is 20.8 Å². The predicted molar refractivity (Wildman–Crippen MR) is 90.8 cm³/mol. The van der Waals surface area contributed by atoms with Gasteiger partial charge in [0.25, 0.3) is 0 Å². The zero-order valence-corrected chi connectivity index (χ0v) is 14.9. The topological polar surface area (TPSA) is 99.7 Å². The van der Waals surface area contributed by atoms with Gasteiger partial charge < -0.3 is 16.0 Å². The molecule has 0 rings (SSSR count). The molecule has 0 fully saturated rings. The van der Waals surface area contributed by atoms with Gasteiger partial charge in [-0.1, -0.05) is 6.92 Å². The molecule has 0 saturated carbocycles. The van der Waals surface area contributed by atoms with Gasteiger partial charge in [-0.25, -0.2) is 8.42 Å². The molecule has 8 heteroatoms. The third-order valence-corrected chi connectivity index (χ3v) is 3.81. The first kappa shape index (κ1) is 20.7. The van der Waals surface area contributed by atoms with Crippen LogP contribution in [0.3, 0.4) is 0 Å². The minimum atomic E-state index is -2.96. The summed E-state index contributed by atoms with van der Waals surface area (Å²) < 4.78 is 22.3. The molecule has 1 unspecified atom stereocenters. The lowest BCUT2D eigenvalue weighted by molar-refractivity contribution is -0.120. The van der Waals surface area contributed by atoms with Gasteiger partial charge in [0.1, 0.15) is 9.84 Å². The van der Waals surface area contributed by atoms with Gasteiger partial charge in [0, 0.05) is 31.8 Å². The summed E-state index contributed by atoms with van der Waals surface area (Å²) >= 11 is 0. The molecule has 7 nitrogen and oxygen atoms in total. The SMILES string of the molecule is CCCNC(=O)CCN=C(NCC)NC(C)CCS(C)(=O)=O. The number of nitrogens with one attached hydrogen (secondary N) is 3. The van der Waals surface area contributed by atoms with Crippen LogP contribution in [0.2, 0.25) is 0 Å². The van der Waals surface area contributed by atoms with Crippen LogP contribution >= 0.6 is 0 Å². The van der Waals surface area contributed by atoms with Crippen molar-refractivity contribution in [3.05, 3.63) is 0 Å². The number of hydrogen-bond donors (Lipinski definition) is 3. The van der Waals surface area contributed by atoms with Crippen molar-refractivity contribution in [2.24, 2.45) is 4.99 Å². The van der Waals surface area contributed by atoms with E-state index < -0.39 is 9.84 Å². The molecule has 3 N–H and O–H groups in total. The van der Waals surface area contributed by atoms with Gasteiger partial charge in [-0.15, -0.1) is 0 Å². The van der Waals surface area contributed by atoms with Crippen molar-refractivity contribution in [3.63, 3.8) is 0 Å². The van der Waals surface area contributed by atoms with Crippen molar-refractivity contribution in [2.45, 2.75) is 46.1 Å². The molecular formula is C14H30N4O3S. The monoisotopic (exact) mass is 334 g/mol. The Morgan fingerprint density at radius 2 is 1.91 bits per heavy atom. The van der Waals surface area contributed by atoms with Crippen molar-refractivity contribution >= 4 is 21.7 Å². The Morgan fingerprint density at radius 3 is 2.45 bits per heavy atom. The van der Waals surface area contributed by atoms with Gasteiger partial charge in [-0.05, 0) is 26.7 Å². The number of guanidine groups is 1. The average Bonchev–Trinajstić information content (AvgIpc) is 2.42. The lowest BCUT2D eigenvalue weighted by Gasteiger charge is -2.17. The summed E-state index contributed by atoms with van der Waals surface area (Å²) in [4.78, 5) is 15.8. The summed E-state index contributed by atoms with van der Waals surface area (Å²) in [5.74, 6) is 0.735.